The summed E-state index contributed by atoms with van der Waals surface area (Å²) < 4.78 is 7.36. The first-order valence-electron chi connectivity index (χ1n) is 9.91. The van der Waals surface area contributed by atoms with Gasteiger partial charge < -0.3 is 10.1 Å². The van der Waals surface area contributed by atoms with Crippen molar-refractivity contribution in [3.8, 4) is 6.07 Å². The van der Waals surface area contributed by atoms with Gasteiger partial charge in [-0.3, -0.25) is 9.48 Å². The Hall–Kier alpha value is -3.17. The predicted molar refractivity (Wildman–Crippen MR) is 112 cm³/mol. The van der Waals surface area contributed by atoms with Gasteiger partial charge in [0.25, 0.3) is 5.91 Å². The number of ether oxygens (including phenoxy) is 1. The van der Waals surface area contributed by atoms with Crippen LogP contribution in [0.1, 0.15) is 43.7 Å². The molecule has 0 unspecified atom stereocenters. The largest absolute Gasteiger partial charge is 0.381 e. The number of nitrogens with zero attached hydrogens (tertiary/aromatic N) is 3. The zero-order valence-electron chi connectivity index (χ0n) is 16.7. The lowest BCUT2D eigenvalue weighted by molar-refractivity contribution is -0.130. The third kappa shape index (κ3) is 3.39. The molecule has 1 amide bonds. The van der Waals surface area contributed by atoms with Crippen molar-refractivity contribution in [1.29, 1.82) is 5.26 Å². The van der Waals surface area contributed by atoms with E-state index in [0.29, 0.717) is 43.2 Å². The first-order chi connectivity index (χ1) is 14.0. The fourth-order valence-electron chi connectivity index (χ4n) is 3.88. The maximum absolute atomic E-state index is 13.6. The predicted octanol–water partition coefficient (Wildman–Crippen LogP) is 4.18. The van der Waals surface area contributed by atoms with E-state index < -0.39 is 5.54 Å². The van der Waals surface area contributed by atoms with Crippen LogP contribution in [0.4, 0.5) is 5.69 Å². The van der Waals surface area contributed by atoms with Crippen molar-refractivity contribution in [3.05, 3.63) is 59.9 Å². The van der Waals surface area contributed by atoms with Crippen molar-refractivity contribution >= 4 is 22.4 Å². The standard InChI is InChI=1S/C23H24N4O2/c1-16(2)18-14-25-27(15-18)23(9-11-29-12-10-23)22(28)26-21-8-7-17(13-24)19-5-3-4-6-20(19)21/h3-8,14-16H,9-12H2,1-2H3,(H,26,28). The zero-order chi connectivity index (χ0) is 20.4. The summed E-state index contributed by atoms with van der Waals surface area (Å²) in [6, 6.07) is 13.4. The quantitative estimate of drug-likeness (QED) is 0.727. The first kappa shape index (κ1) is 19.2. The summed E-state index contributed by atoms with van der Waals surface area (Å²) in [6.45, 7) is 5.25. The van der Waals surface area contributed by atoms with E-state index in [1.807, 2.05) is 41.3 Å². The van der Waals surface area contributed by atoms with E-state index in [4.69, 9.17) is 4.74 Å². The highest BCUT2D eigenvalue weighted by atomic mass is 16.5. The topological polar surface area (TPSA) is 79.9 Å². The van der Waals surface area contributed by atoms with Crippen molar-refractivity contribution in [3.63, 3.8) is 0 Å². The molecule has 1 aliphatic rings. The number of benzene rings is 2. The molecule has 6 heteroatoms. The van der Waals surface area contributed by atoms with Crippen LogP contribution in [-0.4, -0.2) is 28.9 Å². The smallest absolute Gasteiger partial charge is 0.252 e. The average Bonchev–Trinajstić information content (AvgIpc) is 3.26. The summed E-state index contributed by atoms with van der Waals surface area (Å²) >= 11 is 0. The Bertz CT molecular complexity index is 1090. The van der Waals surface area contributed by atoms with Crippen molar-refractivity contribution < 1.29 is 9.53 Å². The summed E-state index contributed by atoms with van der Waals surface area (Å²) in [7, 11) is 0. The first-order valence-corrected chi connectivity index (χ1v) is 9.91. The number of nitrogens with one attached hydrogen (secondary N) is 1. The summed E-state index contributed by atoms with van der Waals surface area (Å²) in [5.41, 5.74) is 1.60. The average molecular weight is 388 g/mol. The molecule has 0 saturated carbocycles. The van der Waals surface area contributed by atoms with Crippen LogP contribution in [0.3, 0.4) is 0 Å². The van der Waals surface area contributed by atoms with Gasteiger partial charge in [0.15, 0.2) is 0 Å². The molecule has 0 aliphatic carbocycles. The molecule has 29 heavy (non-hydrogen) atoms. The second-order valence-electron chi connectivity index (χ2n) is 7.79. The lowest BCUT2D eigenvalue weighted by atomic mass is 9.88. The summed E-state index contributed by atoms with van der Waals surface area (Å²) in [4.78, 5) is 13.6. The van der Waals surface area contributed by atoms with Gasteiger partial charge in [0, 0.05) is 48.7 Å². The van der Waals surface area contributed by atoms with Crippen LogP contribution in [0, 0.1) is 11.3 Å². The monoisotopic (exact) mass is 388 g/mol. The Kier molecular flexibility index (Phi) is 5.08. The molecule has 3 aromatic rings. The van der Waals surface area contributed by atoms with Crippen LogP contribution >= 0.6 is 0 Å². The fraction of sp³-hybridized carbons (Fsp3) is 0.348. The number of anilines is 1. The highest BCUT2D eigenvalue weighted by Gasteiger charge is 2.43. The van der Waals surface area contributed by atoms with Crippen LogP contribution in [0.25, 0.3) is 10.8 Å². The molecular weight excluding hydrogens is 364 g/mol. The molecule has 2 heterocycles. The third-order valence-electron chi connectivity index (χ3n) is 5.74. The van der Waals surface area contributed by atoms with Crippen LogP contribution in [0.2, 0.25) is 0 Å². The third-order valence-corrected chi connectivity index (χ3v) is 5.74. The maximum Gasteiger partial charge on any atom is 0.252 e. The Morgan fingerprint density at radius 3 is 2.59 bits per heavy atom. The van der Waals surface area contributed by atoms with Gasteiger partial charge in [-0.05, 0) is 23.6 Å². The van der Waals surface area contributed by atoms with Crippen molar-refractivity contribution in [2.24, 2.45) is 0 Å². The zero-order valence-corrected chi connectivity index (χ0v) is 16.7. The van der Waals surface area contributed by atoms with Gasteiger partial charge in [0.05, 0.1) is 17.8 Å². The molecule has 0 spiro atoms. The number of rotatable bonds is 4. The molecule has 6 nitrogen and oxygen atoms in total. The number of hydrogen-bond acceptors (Lipinski definition) is 4. The molecule has 148 valence electrons. The van der Waals surface area contributed by atoms with Gasteiger partial charge in [0.1, 0.15) is 5.54 Å². The molecular formula is C23H24N4O2. The lowest BCUT2D eigenvalue weighted by Gasteiger charge is -2.36. The van der Waals surface area contributed by atoms with Gasteiger partial charge in [-0.2, -0.15) is 10.4 Å². The molecule has 0 bridgehead atoms. The molecule has 1 saturated heterocycles. The molecule has 0 atom stereocenters. The number of nitriles is 1. The van der Waals surface area contributed by atoms with Gasteiger partial charge >= 0.3 is 0 Å². The number of carbonyl (C=O) groups excluding carboxylic acids is 1. The summed E-state index contributed by atoms with van der Waals surface area (Å²) in [5.74, 6) is 0.236. The normalized spacial score (nSPS) is 15.9. The van der Waals surface area contributed by atoms with E-state index in [9.17, 15) is 10.1 Å². The number of aromatic nitrogens is 2. The van der Waals surface area contributed by atoms with Crippen LogP contribution in [-0.2, 0) is 15.1 Å². The Morgan fingerprint density at radius 1 is 1.21 bits per heavy atom. The van der Waals surface area contributed by atoms with Crippen LogP contribution < -0.4 is 5.32 Å². The SMILES string of the molecule is CC(C)c1cnn(C2(C(=O)Nc3ccc(C#N)c4ccccc34)CCOCC2)c1. The van der Waals surface area contributed by atoms with Crippen LogP contribution in [0.15, 0.2) is 48.8 Å². The fourth-order valence-corrected chi connectivity index (χ4v) is 3.88. The number of hydrogen-bond donors (Lipinski definition) is 1. The van der Waals surface area contributed by atoms with Crippen molar-refractivity contribution in [1.82, 2.24) is 9.78 Å². The second kappa shape index (κ2) is 7.69. The van der Waals surface area contributed by atoms with E-state index in [0.717, 1.165) is 16.3 Å². The Morgan fingerprint density at radius 2 is 1.93 bits per heavy atom. The summed E-state index contributed by atoms with van der Waals surface area (Å²) in [5, 5.41) is 18.7. The minimum atomic E-state index is -0.791. The van der Waals surface area contributed by atoms with E-state index in [-0.39, 0.29) is 5.91 Å². The molecule has 4 rings (SSSR count). The van der Waals surface area contributed by atoms with Crippen molar-refractivity contribution in [2.75, 3.05) is 18.5 Å². The Labute approximate surface area is 170 Å². The van der Waals surface area contributed by atoms with E-state index >= 15 is 0 Å². The Balaban J connectivity index is 1.73. The van der Waals surface area contributed by atoms with Gasteiger partial charge in [-0.1, -0.05) is 38.1 Å². The minimum Gasteiger partial charge on any atom is -0.381 e. The maximum atomic E-state index is 13.6. The highest BCUT2D eigenvalue weighted by molar-refractivity contribution is 6.06. The van der Waals surface area contributed by atoms with Crippen LogP contribution in [0.5, 0.6) is 0 Å². The number of amides is 1. The van der Waals surface area contributed by atoms with Gasteiger partial charge in [0.2, 0.25) is 0 Å². The molecule has 1 aliphatic heterocycles. The molecule has 2 aromatic carbocycles. The molecule has 0 radical (unpaired) electrons. The minimum absolute atomic E-state index is 0.103. The second-order valence-corrected chi connectivity index (χ2v) is 7.79. The lowest BCUT2D eigenvalue weighted by Crippen LogP contribution is -2.49. The van der Waals surface area contributed by atoms with E-state index in [1.54, 1.807) is 12.1 Å². The molecule has 1 fully saturated rings. The highest BCUT2D eigenvalue weighted by Crippen LogP contribution is 2.33. The summed E-state index contributed by atoms with van der Waals surface area (Å²) in [6.07, 6.45) is 4.94. The number of carbonyl (C=O) groups is 1. The molecule has 1 aromatic heterocycles. The van der Waals surface area contributed by atoms with E-state index in [1.165, 1.54) is 0 Å². The molecule has 1 N–H and O–H groups in total. The van der Waals surface area contributed by atoms with Gasteiger partial charge in [-0.25, -0.2) is 0 Å². The van der Waals surface area contributed by atoms with Crippen molar-refractivity contribution in [2.45, 2.75) is 38.1 Å². The number of fused-ring (bicyclic) bond motifs is 1. The van der Waals surface area contributed by atoms with Gasteiger partial charge in [-0.15, -0.1) is 0 Å². The van der Waals surface area contributed by atoms with E-state index in [2.05, 4.69) is 30.3 Å².